The predicted octanol–water partition coefficient (Wildman–Crippen LogP) is 2.20. The van der Waals surface area contributed by atoms with Crippen molar-refractivity contribution in [2.45, 2.75) is 11.8 Å². The van der Waals surface area contributed by atoms with Crippen molar-refractivity contribution in [2.24, 2.45) is 5.73 Å². The predicted molar refractivity (Wildman–Crippen MR) is 68.7 cm³/mol. The Morgan fingerprint density at radius 1 is 1.27 bits per heavy atom. The standard InChI is InChI=1S/C9H14N2OS.2ClH/c1-8-2-4-9(5-3-8)13(11,12)7-6-10;;/h2-5,11H,6-7,10H2,1H3;2*1H. The van der Waals surface area contributed by atoms with Crippen LogP contribution in [0.2, 0.25) is 0 Å². The van der Waals surface area contributed by atoms with E-state index in [2.05, 4.69) is 0 Å². The van der Waals surface area contributed by atoms with Crippen molar-refractivity contribution in [3.05, 3.63) is 29.8 Å². The molecule has 6 heteroatoms. The molecule has 1 aromatic rings. The van der Waals surface area contributed by atoms with Gasteiger partial charge >= 0.3 is 0 Å². The molecule has 3 N–H and O–H groups in total. The zero-order chi connectivity index (χ0) is 9.90. The molecule has 0 aliphatic rings. The first-order chi connectivity index (χ1) is 6.06. The lowest BCUT2D eigenvalue weighted by Gasteiger charge is -2.05. The molecule has 1 rings (SSSR count). The highest BCUT2D eigenvalue weighted by Gasteiger charge is 2.07. The first-order valence-electron chi connectivity index (χ1n) is 4.09. The fraction of sp³-hybridized carbons (Fsp3) is 0.333. The lowest BCUT2D eigenvalue weighted by molar-refractivity contribution is 0.674. The number of benzene rings is 1. The van der Waals surface area contributed by atoms with Gasteiger partial charge in [0.25, 0.3) is 0 Å². The summed E-state index contributed by atoms with van der Waals surface area (Å²) in [6.45, 7) is 2.24. The van der Waals surface area contributed by atoms with Gasteiger partial charge in [0.15, 0.2) is 0 Å². The topological polar surface area (TPSA) is 66.9 Å². The largest absolute Gasteiger partial charge is 0.330 e. The van der Waals surface area contributed by atoms with E-state index >= 15 is 0 Å². The second-order valence-corrected chi connectivity index (χ2v) is 5.21. The maximum Gasteiger partial charge on any atom is 0.0738 e. The summed E-state index contributed by atoms with van der Waals surface area (Å²) in [5, 5.41) is 0. The Bertz CT molecular complexity index is 376. The smallest absolute Gasteiger partial charge is 0.0738 e. The third-order valence-electron chi connectivity index (χ3n) is 1.81. The Kier molecular flexibility index (Phi) is 8.06. The van der Waals surface area contributed by atoms with Crippen LogP contribution < -0.4 is 5.73 Å². The minimum absolute atomic E-state index is 0. The maximum absolute atomic E-state index is 11.7. The van der Waals surface area contributed by atoms with Crippen molar-refractivity contribution < 1.29 is 4.21 Å². The van der Waals surface area contributed by atoms with Crippen LogP contribution in [0.3, 0.4) is 0 Å². The van der Waals surface area contributed by atoms with Crippen molar-refractivity contribution in [1.82, 2.24) is 0 Å². The fourth-order valence-corrected chi connectivity index (χ4v) is 2.19. The molecular weight excluding hydrogens is 255 g/mol. The van der Waals surface area contributed by atoms with Crippen LogP contribution >= 0.6 is 24.8 Å². The molecule has 15 heavy (non-hydrogen) atoms. The summed E-state index contributed by atoms with van der Waals surface area (Å²) < 4.78 is 19.3. The van der Waals surface area contributed by atoms with Crippen molar-refractivity contribution in [2.75, 3.05) is 12.3 Å². The summed E-state index contributed by atoms with van der Waals surface area (Å²) >= 11 is 0. The molecule has 3 nitrogen and oxygen atoms in total. The van der Waals surface area contributed by atoms with Gasteiger partial charge in [0.2, 0.25) is 0 Å². The number of halogens is 2. The molecule has 1 unspecified atom stereocenters. The van der Waals surface area contributed by atoms with Crippen LogP contribution in [-0.4, -0.2) is 16.5 Å². The molecule has 0 heterocycles. The van der Waals surface area contributed by atoms with Gasteiger partial charge in [0.1, 0.15) is 0 Å². The van der Waals surface area contributed by atoms with Crippen LogP contribution in [0, 0.1) is 11.7 Å². The van der Waals surface area contributed by atoms with Crippen molar-refractivity contribution >= 4 is 34.5 Å². The van der Waals surface area contributed by atoms with Gasteiger partial charge in [-0.2, -0.15) is 0 Å². The second-order valence-electron chi connectivity index (χ2n) is 2.98. The van der Waals surface area contributed by atoms with Gasteiger partial charge in [-0.1, -0.05) is 17.7 Å². The van der Waals surface area contributed by atoms with Gasteiger partial charge < -0.3 is 5.73 Å². The number of hydrogen-bond acceptors (Lipinski definition) is 3. The summed E-state index contributed by atoms with van der Waals surface area (Å²) in [7, 11) is -2.65. The van der Waals surface area contributed by atoms with Gasteiger partial charge in [0.05, 0.1) is 9.73 Å². The van der Waals surface area contributed by atoms with Gasteiger partial charge in [-0.15, -0.1) is 24.8 Å². The molecule has 0 fully saturated rings. The Morgan fingerprint density at radius 2 is 1.73 bits per heavy atom. The first-order valence-corrected chi connectivity index (χ1v) is 5.82. The number of nitrogens with one attached hydrogen (secondary N) is 1. The lowest BCUT2D eigenvalue weighted by atomic mass is 10.2. The summed E-state index contributed by atoms with van der Waals surface area (Å²) in [5.41, 5.74) is 6.39. The molecular formula is C9H16Cl2N2OS. The van der Waals surface area contributed by atoms with Crippen molar-refractivity contribution in [1.29, 1.82) is 4.78 Å². The van der Waals surface area contributed by atoms with E-state index in [1.54, 1.807) is 12.1 Å². The molecule has 0 bridgehead atoms. The first kappa shape index (κ1) is 17.1. The zero-order valence-corrected chi connectivity index (χ0v) is 10.9. The number of nitrogens with two attached hydrogens (primary N) is 1. The van der Waals surface area contributed by atoms with E-state index in [0.717, 1.165) is 5.56 Å². The Morgan fingerprint density at radius 3 is 2.13 bits per heavy atom. The molecule has 1 atom stereocenters. The Hall–Kier alpha value is -0.290. The molecule has 0 aliphatic carbocycles. The van der Waals surface area contributed by atoms with E-state index in [4.69, 9.17) is 10.5 Å². The molecule has 1 aromatic carbocycles. The highest BCUT2D eigenvalue weighted by molar-refractivity contribution is 7.92. The molecule has 0 spiro atoms. The van der Waals surface area contributed by atoms with E-state index in [1.165, 1.54) is 0 Å². The monoisotopic (exact) mass is 270 g/mol. The van der Waals surface area contributed by atoms with E-state index in [-0.39, 0.29) is 37.1 Å². The molecule has 0 amide bonds. The van der Waals surface area contributed by atoms with Crippen LogP contribution in [0.1, 0.15) is 5.56 Å². The minimum atomic E-state index is -2.65. The highest BCUT2D eigenvalue weighted by atomic mass is 35.5. The van der Waals surface area contributed by atoms with Crippen molar-refractivity contribution in [3.63, 3.8) is 0 Å². The van der Waals surface area contributed by atoms with E-state index in [9.17, 15) is 4.21 Å². The van der Waals surface area contributed by atoms with Gasteiger partial charge in [0, 0.05) is 17.2 Å². The summed E-state index contributed by atoms with van der Waals surface area (Å²) in [6, 6.07) is 7.20. The van der Waals surface area contributed by atoms with E-state index in [1.807, 2.05) is 19.1 Å². The molecule has 0 saturated heterocycles. The van der Waals surface area contributed by atoms with E-state index < -0.39 is 9.73 Å². The van der Waals surface area contributed by atoms with Crippen LogP contribution in [0.5, 0.6) is 0 Å². The highest BCUT2D eigenvalue weighted by Crippen LogP contribution is 2.12. The van der Waals surface area contributed by atoms with Gasteiger partial charge in [-0.05, 0) is 19.1 Å². The fourth-order valence-electron chi connectivity index (χ4n) is 1.04. The van der Waals surface area contributed by atoms with Gasteiger partial charge in [-0.3, -0.25) is 0 Å². The van der Waals surface area contributed by atoms with Crippen LogP contribution in [0.15, 0.2) is 29.2 Å². The SMILES string of the molecule is Cc1ccc(S(=N)(=O)CCN)cc1.Cl.Cl. The Labute approximate surface area is 103 Å². The second kappa shape index (κ2) is 7.06. The van der Waals surface area contributed by atoms with Gasteiger partial charge in [-0.25, -0.2) is 8.99 Å². The molecule has 0 radical (unpaired) electrons. The average Bonchev–Trinajstić information content (AvgIpc) is 2.05. The average molecular weight is 271 g/mol. The molecule has 88 valence electrons. The molecule has 0 aliphatic heterocycles. The van der Waals surface area contributed by atoms with Crippen LogP contribution in [0.25, 0.3) is 0 Å². The molecule has 0 saturated carbocycles. The summed E-state index contributed by atoms with van der Waals surface area (Å²) in [4.78, 5) is 0.573. The van der Waals surface area contributed by atoms with Crippen LogP contribution in [-0.2, 0) is 9.73 Å². The van der Waals surface area contributed by atoms with Crippen LogP contribution in [0.4, 0.5) is 0 Å². The quantitative estimate of drug-likeness (QED) is 0.885. The minimum Gasteiger partial charge on any atom is -0.330 e. The zero-order valence-electron chi connectivity index (χ0n) is 8.43. The third kappa shape index (κ3) is 4.84. The maximum atomic E-state index is 11.7. The lowest BCUT2D eigenvalue weighted by Crippen LogP contribution is -2.14. The van der Waals surface area contributed by atoms with E-state index in [0.29, 0.717) is 4.90 Å². The Balaban J connectivity index is 0. The summed E-state index contributed by atoms with van der Waals surface area (Å²) in [5.74, 6) is 0.232. The van der Waals surface area contributed by atoms with Crippen molar-refractivity contribution in [3.8, 4) is 0 Å². The third-order valence-corrected chi connectivity index (χ3v) is 3.65. The number of rotatable bonds is 3. The number of hydrogen-bond donors (Lipinski definition) is 2. The molecule has 0 aromatic heterocycles. The number of aryl methyl sites for hydroxylation is 1. The normalized spacial score (nSPS) is 13.2. The summed E-state index contributed by atoms with van der Waals surface area (Å²) in [6.07, 6.45) is 0.